The van der Waals surface area contributed by atoms with Crippen molar-refractivity contribution >= 4 is 6.09 Å². The van der Waals surface area contributed by atoms with E-state index in [0.717, 1.165) is 25.1 Å². The number of carbonyl (C=O) groups excluding carboxylic acids is 1. The molecule has 1 amide bonds. The maximum absolute atomic E-state index is 11.8. The summed E-state index contributed by atoms with van der Waals surface area (Å²) in [5.74, 6) is 0. The van der Waals surface area contributed by atoms with Crippen LogP contribution in [-0.4, -0.2) is 45.7 Å². The second kappa shape index (κ2) is 7.05. The van der Waals surface area contributed by atoms with Crippen LogP contribution < -0.4 is 5.32 Å². The van der Waals surface area contributed by atoms with Crippen molar-refractivity contribution in [1.82, 2.24) is 20.2 Å². The van der Waals surface area contributed by atoms with Crippen molar-refractivity contribution in [2.75, 3.05) is 13.1 Å². The fraction of sp³-hybridized carbons (Fsp3) is 0.688. The zero-order valence-corrected chi connectivity index (χ0v) is 13.9. The molecule has 1 aromatic heterocycles. The third kappa shape index (κ3) is 4.66. The van der Waals surface area contributed by atoms with Gasteiger partial charge in [0.25, 0.3) is 0 Å². The molecule has 0 bridgehead atoms. The zero-order valence-electron chi connectivity index (χ0n) is 13.9. The van der Waals surface area contributed by atoms with Crippen LogP contribution in [-0.2, 0) is 4.74 Å². The molecular formula is C16H26N4O2. The van der Waals surface area contributed by atoms with Crippen LogP contribution in [0, 0.1) is 0 Å². The molecule has 0 saturated carbocycles. The Bertz CT molecular complexity index is 487. The van der Waals surface area contributed by atoms with E-state index in [1.807, 2.05) is 20.8 Å². The number of likely N-dealkylation sites (tertiary alicyclic amines) is 1. The van der Waals surface area contributed by atoms with E-state index in [1.54, 1.807) is 18.6 Å². The molecule has 122 valence electrons. The average molecular weight is 306 g/mol. The van der Waals surface area contributed by atoms with Gasteiger partial charge in [-0.15, -0.1) is 0 Å². The summed E-state index contributed by atoms with van der Waals surface area (Å²) >= 11 is 0. The summed E-state index contributed by atoms with van der Waals surface area (Å²) in [6.45, 7) is 9.34. The molecule has 1 aliphatic rings. The smallest absolute Gasteiger partial charge is 0.407 e. The SMILES string of the molecule is C[C@@H](c1cnccn1)N1CCC[C@H]1CNC(=O)OC(C)(C)C. The van der Waals surface area contributed by atoms with Crippen LogP contribution >= 0.6 is 0 Å². The van der Waals surface area contributed by atoms with Gasteiger partial charge in [-0.3, -0.25) is 14.9 Å². The lowest BCUT2D eigenvalue weighted by molar-refractivity contribution is 0.0507. The van der Waals surface area contributed by atoms with Gasteiger partial charge in [-0.1, -0.05) is 0 Å². The van der Waals surface area contributed by atoms with Crippen molar-refractivity contribution in [2.24, 2.45) is 0 Å². The van der Waals surface area contributed by atoms with Gasteiger partial charge in [0, 0.05) is 31.2 Å². The molecule has 0 unspecified atom stereocenters. The van der Waals surface area contributed by atoms with Crippen LogP contribution in [0.2, 0.25) is 0 Å². The molecule has 1 fully saturated rings. The molecule has 6 nitrogen and oxygen atoms in total. The number of rotatable bonds is 4. The molecule has 22 heavy (non-hydrogen) atoms. The van der Waals surface area contributed by atoms with Crippen LogP contribution in [0.15, 0.2) is 18.6 Å². The Labute approximate surface area is 132 Å². The molecule has 2 atom stereocenters. The maximum Gasteiger partial charge on any atom is 0.407 e. The van der Waals surface area contributed by atoms with E-state index in [1.165, 1.54) is 0 Å². The van der Waals surface area contributed by atoms with Crippen LogP contribution in [0.5, 0.6) is 0 Å². The average Bonchev–Trinajstić information content (AvgIpc) is 2.92. The van der Waals surface area contributed by atoms with Crippen molar-refractivity contribution in [3.8, 4) is 0 Å². The molecule has 0 aliphatic carbocycles. The van der Waals surface area contributed by atoms with E-state index in [0.29, 0.717) is 12.6 Å². The number of alkyl carbamates (subject to hydrolysis) is 1. The minimum absolute atomic E-state index is 0.196. The summed E-state index contributed by atoms with van der Waals surface area (Å²) in [6, 6.07) is 0.506. The predicted octanol–water partition coefficient (Wildman–Crippen LogP) is 2.53. The van der Waals surface area contributed by atoms with Gasteiger partial charge in [-0.05, 0) is 47.1 Å². The first-order valence-electron chi connectivity index (χ1n) is 7.85. The van der Waals surface area contributed by atoms with Crippen LogP contribution in [0.1, 0.15) is 52.3 Å². The largest absolute Gasteiger partial charge is 0.444 e. The van der Waals surface area contributed by atoms with Gasteiger partial charge in [-0.25, -0.2) is 4.79 Å². The first-order chi connectivity index (χ1) is 10.4. The highest BCUT2D eigenvalue weighted by atomic mass is 16.6. The standard InChI is InChI=1S/C16H26N4O2/c1-12(14-11-17-7-8-18-14)20-9-5-6-13(20)10-19-15(21)22-16(2,3)4/h7-8,11-13H,5-6,9-10H2,1-4H3,(H,19,21)/t12-,13-/m0/s1. The van der Waals surface area contributed by atoms with Gasteiger partial charge in [-0.2, -0.15) is 0 Å². The van der Waals surface area contributed by atoms with Gasteiger partial charge in [0.15, 0.2) is 0 Å². The number of ether oxygens (including phenoxy) is 1. The van der Waals surface area contributed by atoms with E-state index in [9.17, 15) is 4.79 Å². The second-order valence-electron chi connectivity index (χ2n) is 6.72. The second-order valence-corrected chi connectivity index (χ2v) is 6.72. The van der Waals surface area contributed by atoms with Gasteiger partial charge >= 0.3 is 6.09 Å². The van der Waals surface area contributed by atoms with Gasteiger partial charge in [0.1, 0.15) is 5.60 Å². The Morgan fingerprint density at radius 1 is 1.50 bits per heavy atom. The van der Waals surface area contributed by atoms with E-state index >= 15 is 0 Å². The highest BCUT2D eigenvalue weighted by molar-refractivity contribution is 5.67. The summed E-state index contributed by atoms with van der Waals surface area (Å²) in [5, 5.41) is 2.88. The van der Waals surface area contributed by atoms with Crippen LogP contribution in [0.3, 0.4) is 0 Å². The summed E-state index contributed by atoms with van der Waals surface area (Å²) < 4.78 is 5.29. The highest BCUT2D eigenvalue weighted by Gasteiger charge is 2.30. The number of nitrogens with zero attached hydrogens (tertiary/aromatic N) is 3. The first-order valence-corrected chi connectivity index (χ1v) is 7.85. The predicted molar refractivity (Wildman–Crippen MR) is 84.4 cm³/mol. The van der Waals surface area contributed by atoms with Gasteiger partial charge in [0.2, 0.25) is 0 Å². The first kappa shape index (κ1) is 16.7. The molecule has 0 spiro atoms. The van der Waals surface area contributed by atoms with Crippen molar-refractivity contribution in [1.29, 1.82) is 0 Å². The number of hydrogen-bond acceptors (Lipinski definition) is 5. The summed E-state index contributed by atoms with van der Waals surface area (Å²) in [7, 11) is 0. The lowest BCUT2D eigenvalue weighted by Crippen LogP contribution is -2.43. The fourth-order valence-corrected chi connectivity index (χ4v) is 2.80. The molecule has 0 radical (unpaired) electrons. The van der Waals surface area contributed by atoms with Crippen molar-refractivity contribution in [3.05, 3.63) is 24.3 Å². The van der Waals surface area contributed by atoms with E-state index in [2.05, 4.69) is 27.1 Å². The summed E-state index contributed by atoms with van der Waals surface area (Å²) in [4.78, 5) is 22.7. The fourth-order valence-electron chi connectivity index (χ4n) is 2.80. The lowest BCUT2D eigenvalue weighted by Gasteiger charge is -2.30. The highest BCUT2D eigenvalue weighted by Crippen LogP contribution is 2.27. The Morgan fingerprint density at radius 3 is 2.91 bits per heavy atom. The third-order valence-electron chi connectivity index (χ3n) is 3.81. The number of aromatic nitrogens is 2. The third-order valence-corrected chi connectivity index (χ3v) is 3.81. The van der Waals surface area contributed by atoms with E-state index in [-0.39, 0.29) is 12.1 Å². The number of hydrogen-bond donors (Lipinski definition) is 1. The summed E-state index contributed by atoms with van der Waals surface area (Å²) in [6.07, 6.45) is 7.05. The number of carbonyl (C=O) groups is 1. The minimum atomic E-state index is -0.466. The Morgan fingerprint density at radius 2 is 2.27 bits per heavy atom. The number of amides is 1. The topological polar surface area (TPSA) is 67.4 Å². The molecule has 2 rings (SSSR count). The quantitative estimate of drug-likeness (QED) is 0.926. The molecule has 1 saturated heterocycles. The Balaban J connectivity index is 1.90. The molecule has 1 aliphatic heterocycles. The maximum atomic E-state index is 11.8. The van der Waals surface area contributed by atoms with E-state index < -0.39 is 5.60 Å². The molecule has 0 aromatic carbocycles. The molecule has 1 N–H and O–H groups in total. The molecule has 2 heterocycles. The van der Waals surface area contributed by atoms with Crippen LogP contribution in [0.4, 0.5) is 4.79 Å². The lowest BCUT2D eigenvalue weighted by atomic mass is 10.1. The summed E-state index contributed by atoms with van der Waals surface area (Å²) in [5.41, 5.74) is 0.499. The molecule has 1 aromatic rings. The Kier molecular flexibility index (Phi) is 5.34. The number of nitrogens with one attached hydrogen (secondary N) is 1. The van der Waals surface area contributed by atoms with Crippen molar-refractivity contribution in [3.63, 3.8) is 0 Å². The van der Waals surface area contributed by atoms with Crippen molar-refractivity contribution in [2.45, 2.75) is 58.2 Å². The van der Waals surface area contributed by atoms with Gasteiger partial charge < -0.3 is 10.1 Å². The van der Waals surface area contributed by atoms with E-state index in [4.69, 9.17) is 4.74 Å². The molecule has 6 heteroatoms. The van der Waals surface area contributed by atoms with Crippen LogP contribution in [0.25, 0.3) is 0 Å². The van der Waals surface area contributed by atoms with Crippen molar-refractivity contribution < 1.29 is 9.53 Å². The Hall–Kier alpha value is -1.69. The molecular weight excluding hydrogens is 280 g/mol. The normalized spacial score (nSPS) is 20.6. The zero-order chi connectivity index (χ0) is 16.2. The monoisotopic (exact) mass is 306 g/mol. The minimum Gasteiger partial charge on any atom is -0.444 e. The van der Waals surface area contributed by atoms with Gasteiger partial charge in [0.05, 0.1) is 11.7 Å².